The second-order valence-electron chi connectivity index (χ2n) is 4.76. The molecular formula is C11H20N4O. The fraction of sp³-hybridized carbons (Fsp3) is 0.818. The molecule has 0 saturated heterocycles. The van der Waals surface area contributed by atoms with E-state index in [2.05, 4.69) is 29.0 Å². The molecule has 0 atom stereocenters. The number of nitrogens with zero attached hydrogens (tertiary/aromatic N) is 3. The van der Waals surface area contributed by atoms with E-state index in [1.54, 1.807) is 0 Å². The van der Waals surface area contributed by atoms with Crippen molar-refractivity contribution in [1.29, 1.82) is 0 Å². The summed E-state index contributed by atoms with van der Waals surface area (Å²) in [6.07, 6.45) is 4.22. The first kappa shape index (κ1) is 11.5. The van der Waals surface area contributed by atoms with Gasteiger partial charge in [0.15, 0.2) is 5.82 Å². The van der Waals surface area contributed by atoms with Crippen LogP contribution in [0.15, 0.2) is 4.52 Å². The van der Waals surface area contributed by atoms with Gasteiger partial charge in [0, 0.05) is 0 Å². The molecule has 0 unspecified atom stereocenters. The summed E-state index contributed by atoms with van der Waals surface area (Å²) in [5, 5.41) is 3.99. The molecule has 1 heterocycles. The summed E-state index contributed by atoms with van der Waals surface area (Å²) < 4.78 is 5.22. The normalized spacial score (nSPS) is 18.8. The van der Waals surface area contributed by atoms with Crippen LogP contribution in [0.4, 0.5) is 0 Å². The van der Waals surface area contributed by atoms with Gasteiger partial charge < -0.3 is 10.3 Å². The van der Waals surface area contributed by atoms with Crippen LogP contribution in [0.1, 0.15) is 44.3 Å². The SMILES string of the molecule is CCCN(C)Cc1nc(C2(N)CCC2)no1. The Labute approximate surface area is 96.0 Å². The molecule has 1 aliphatic carbocycles. The highest BCUT2D eigenvalue weighted by atomic mass is 16.5. The van der Waals surface area contributed by atoms with Crippen molar-refractivity contribution < 1.29 is 4.52 Å². The summed E-state index contributed by atoms with van der Waals surface area (Å²) in [7, 11) is 2.05. The number of hydrogen-bond donors (Lipinski definition) is 1. The minimum atomic E-state index is -0.314. The van der Waals surface area contributed by atoms with Gasteiger partial charge in [-0.15, -0.1) is 0 Å². The zero-order valence-corrected chi connectivity index (χ0v) is 10.1. The topological polar surface area (TPSA) is 68.2 Å². The predicted octanol–water partition coefficient (Wildman–Crippen LogP) is 1.25. The van der Waals surface area contributed by atoms with Gasteiger partial charge >= 0.3 is 0 Å². The highest BCUT2D eigenvalue weighted by Crippen LogP contribution is 2.36. The van der Waals surface area contributed by atoms with Crippen LogP contribution in [0.25, 0.3) is 0 Å². The second kappa shape index (κ2) is 4.51. The number of aromatic nitrogens is 2. The standard InChI is InChI=1S/C11H20N4O/c1-3-7-15(2)8-9-13-10(14-16-9)11(12)5-4-6-11/h3-8,12H2,1-2H3. The number of rotatable bonds is 5. The van der Waals surface area contributed by atoms with Crippen molar-refractivity contribution in [3.63, 3.8) is 0 Å². The first-order valence-electron chi connectivity index (χ1n) is 5.94. The van der Waals surface area contributed by atoms with Crippen molar-refractivity contribution in [3.8, 4) is 0 Å². The quantitative estimate of drug-likeness (QED) is 0.815. The molecule has 5 nitrogen and oxygen atoms in total. The van der Waals surface area contributed by atoms with E-state index in [1.165, 1.54) is 0 Å². The average molecular weight is 224 g/mol. The average Bonchev–Trinajstić information content (AvgIpc) is 2.63. The maximum absolute atomic E-state index is 6.13. The minimum Gasteiger partial charge on any atom is -0.338 e. The summed E-state index contributed by atoms with van der Waals surface area (Å²) in [6.45, 7) is 3.89. The molecule has 5 heteroatoms. The Balaban J connectivity index is 1.97. The molecule has 0 radical (unpaired) electrons. The lowest BCUT2D eigenvalue weighted by Gasteiger charge is -2.34. The zero-order chi connectivity index (χ0) is 11.6. The van der Waals surface area contributed by atoms with E-state index >= 15 is 0 Å². The van der Waals surface area contributed by atoms with Crippen LogP contribution >= 0.6 is 0 Å². The van der Waals surface area contributed by atoms with E-state index in [4.69, 9.17) is 10.3 Å². The summed E-state index contributed by atoms with van der Waals surface area (Å²) in [4.78, 5) is 6.55. The van der Waals surface area contributed by atoms with E-state index in [9.17, 15) is 0 Å². The smallest absolute Gasteiger partial charge is 0.240 e. The Morgan fingerprint density at radius 1 is 1.50 bits per heavy atom. The van der Waals surface area contributed by atoms with Gasteiger partial charge in [0.05, 0.1) is 12.1 Å². The third kappa shape index (κ3) is 2.25. The maximum Gasteiger partial charge on any atom is 0.240 e. The van der Waals surface area contributed by atoms with Crippen molar-refractivity contribution in [2.75, 3.05) is 13.6 Å². The van der Waals surface area contributed by atoms with Crippen LogP contribution in [0.5, 0.6) is 0 Å². The first-order chi connectivity index (χ1) is 7.64. The lowest BCUT2D eigenvalue weighted by molar-refractivity contribution is 0.226. The van der Waals surface area contributed by atoms with Gasteiger partial charge in [0.1, 0.15) is 0 Å². The van der Waals surface area contributed by atoms with Crippen LogP contribution in [0.2, 0.25) is 0 Å². The molecule has 0 aromatic carbocycles. The second-order valence-corrected chi connectivity index (χ2v) is 4.76. The summed E-state index contributed by atoms with van der Waals surface area (Å²) in [5.74, 6) is 1.35. The zero-order valence-electron chi connectivity index (χ0n) is 10.1. The van der Waals surface area contributed by atoms with Gasteiger partial charge in [-0.25, -0.2) is 0 Å². The van der Waals surface area contributed by atoms with Gasteiger partial charge in [-0.3, -0.25) is 4.90 Å². The minimum absolute atomic E-state index is 0.314. The van der Waals surface area contributed by atoms with E-state index < -0.39 is 0 Å². The molecule has 1 aliphatic rings. The van der Waals surface area contributed by atoms with Crippen LogP contribution in [0.3, 0.4) is 0 Å². The van der Waals surface area contributed by atoms with Crippen molar-refractivity contribution in [1.82, 2.24) is 15.0 Å². The van der Waals surface area contributed by atoms with Crippen LogP contribution in [0, 0.1) is 0 Å². The van der Waals surface area contributed by atoms with E-state index in [1.807, 2.05) is 0 Å². The molecule has 90 valence electrons. The third-order valence-electron chi connectivity index (χ3n) is 3.17. The van der Waals surface area contributed by atoms with Crippen molar-refractivity contribution in [2.24, 2.45) is 5.73 Å². The fourth-order valence-electron chi connectivity index (χ4n) is 1.99. The molecule has 0 aliphatic heterocycles. The van der Waals surface area contributed by atoms with Gasteiger partial charge in [0.2, 0.25) is 5.89 Å². The predicted molar refractivity (Wildman–Crippen MR) is 60.6 cm³/mol. The third-order valence-corrected chi connectivity index (χ3v) is 3.17. The largest absolute Gasteiger partial charge is 0.338 e. The lowest BCUT2D eigenvalue weighted by Crippen LogP contribution is -2.44. The Morgan fingerprint density at radius 2 is 2.25 bits per heavy atom. The van der Waals surface area contributed by atoms with Gasteiger partial charge in [0.25, 0.3) is 0 Å². The summed E-state index contributed by atoms with van der Waals surface area (Å²) >= 11 is 0. The molecule has 0 amide bonds. The molecule has 2 N–H and O–H groups in total. The van der Waals surface area contributed by atoms with E-state index in [0.717, 1.165) is 32.2 Å². The first-order valence-corrected chi connectivity index (χ1v) is 5.94. The Hall–Kier alpha value is -0.940. The fourth-order valence-corrected chi connectivity index (χ4v) is 1.99. The van der Waals surface area contributed by atoms with Gasteiger partial charge in [-0.1, -0.05) is 12.1 Å². The molecule has 0 spiro atoms. The molecule has 2 rings (SSSR count). The summed E-state index contributed by atoms with van der Waals surface area (Å²) in [6, 6.07) is 0. The molecular weight excluding hydrogens is 204 g/mol. The Kier molecular flexibility index (Phi) is 3.25. The van der Waals surface area contributed by atoms with Gasteiger partial charge in [-0.05, 0) is 39.3 Å². The van der Waals surface area contributed by atoms with E-state index in [0.29, 0.717) is 18.3 Å². The molecule has 1 aromatic heterocycles. The highest BCUT2D eigenvalue weighted by Gasteiger charge is 2.38. The summed E-state index contributed by atoms with van der Waals surface area (Å²) in [5.41, 5.74) is 5.81. The molecule has 1 saturated carbocycles. The number of nitrogens with two attached hydrogens (primary N) is 1. The highest BCUT2D eigenvalue weighted by molar-refractivity contribution is 5.08. The van der Waals surface area contributed by atoms with Crippen LogP contribution in [-0.4, -0.2) is 28.6 Å². The van der Waals surface area contributed by atoms with Crippen molar-refractivity contribution >= 4 is 0 Å². The number of hydrogen-bond acceptors (Lipinski definition) is 5. The Bertz CT molecular complexity index is 346. The van der Waals surface area contributed by atoms with Crippen molar-refractivity contribution in [2.45, 2.75) is 44.7 Å². The van der Waals surface area contributed by atoms with Crippen LogP contribution < -0.4 is 5.73 Å². The molecule has 16 heavy (non-hydrogen) atoms. The molecule has 0 bridgehead atoms. The maximum atomic E-state index is 6.13. The molecule has 1 fully saturated rings. The van der Waals surface area contributed by atoms with Crippen LogP contribution in [-0.2, 0) is 12.1 Å². The Morgan fingerprint density at radius 3 is 2.81 bits per heavy atom. The van der Waals surface area contributed by atoms with E-state index in [-0.39, 0.29) is 5.54 Å². The monoisotopic (exact) mass is 224 g/mol. The van der Waals surface area contributed by atoms with Crippen molar-refractivity contribution in [3.05, 3.63) is 11.7 Å². The molecule has 1 aromatic rings. The van der Waals surface area contributed by atoms with Gasteiger partial charge in [-0.2, -0.15) is 4.98 Å². The lowest BCUT2D eigenvalue weighted by atomic mass is 9.77.